The Morgan fingerprint density at radius 3 is 2.54 bits per heavy atom. The van der Waals surface area contributed by atoms with Gasteiger partial charge in [0.25, 0.3) is 0 Å². The van der Waals surface area contributed by atoms with Crippen molar-refractivity contribution in [3.05, 3.63) is 30.0 Å². The van der Waals surface area contributed by atoms with Crippen LogP contribution in [0.2, 0.25) is 0 Å². The highest BCUT2D eigenvalue weighted by Gasteiger charge is 2.21. The predicted octanol–water partition coefficient (Wildman–Crippen LogP) is 1.91. The van der Waals surface area contributed by atoms with Gasteiger partial charge >= 0.3 is 0 Å². The van der Waals surface area contributed by atoms with Gasteiger partial charge in [0.2, 0.25) is 12.7 Å². The normalized spacial score (nSPS) is 19.9. The molecular weight excluding hydrogens is 356 g/mol. The molecule has 0 atom stereocenters. The Morgan fingerprint density at radius 1 is 0.857 bits per heavy atom. The Kier molecular flexibility index (Phi) is 4.86. The Labute approximate surface area is 165 Å². The van der Waals surface area contributed by atoms with Gasteiger partial charge in [0.1, 0.15) is 0 Å². The van der Waals surface area contributed by atoms with Crippen LogP contribution in [0, 0.1) is 0 Å². The van der Waals surface area contributed by atoms with Crippen molar-refractivity contribution in [2.24, 2.45) is 0 Å². The molecule has 0 amide bonds. The maximum absolute atomic E-state index is 5.49. The van der Waals surface area contributed by atoms with E-state index < -0.39 is 0 Å². The van der Waals surface area contributed by atoms with Gasteiger partial charge in [-0.05, 0) is 37.0 Å². The maximum Gasteiger partial charge on any atom is 0.247 e. The number of rotatable bonds is 4. The molecule has 2 fully saturated rings. The smallest absolute Gasteiger partial charge is 0.247 e. The largest absolute Gasteiger partial charge is 0.454 e. The highest BCUT2D eigenvalue weighted by molar-refractivity contribution is 5.45. The third-order valence-corrected chi connectivity index (χ3v) is 5.71. The van der Waals surface area contributed by atoms with Crippen molar-refractivity contribution >= 4 is 11.8 Å². The summed E-state index contributed by atoms with van der Waals surface area (Å²) in [4.78, 5) is 11.8. The molecule has 0 unspecified atom stereocenters. The van der Waals surface area contributed by atoms with E-state index in [0.717, 1.165) is 69.1 Å². The van der Waals surface area contributed by atoms with Crippen LogP contribution in [-0.2, 0) is 6.54 Å². The summed E-state index contributed by atoms with van der Waals surface area (Å²) in [5, 5.41) is 8.48. The zero-order valence-corrected chi connectivity index (χ0v) is 16.1. The van der Waals surface area contributed by atoms with E-state index >= 15 is 0 Å². The fourth-order valence-corrected chi connectivity index (χ4v) is 4.10. The lowest BCUT2D eigenvalue weighted by Gasteiger charge is -2.35. The Morgan fingerprint density at radius 2 is 1.68 bits per heavy atom. The van der Waals surface area contributed by atoms with Gasteiger partial charge in [-0.15, -0.1) is 5.10 Å². The van der Waals surface area contributed by atoms with E-state index in [-0.39, 0.29) is 0 Å². The van der Waals surface area contributed by atoms with Gasteiger partial charge in [0.05, 0.1) is 6.20 Å². The Balaban J connectivity index is 1.19. The van der Waals surface area contributed by atoms with Gasteiger partial charge in [0, 0.05) is 45.8 Å². The molecule has 0 radical (unpaired) electrons. The van der Waals surface area contributed by atoms with Crippen LogP contribution in [0.25, 0.3) is 0 Å². The molecule has 0 aliphatic carbocycles. The second kappa shape index (κ2) is 7.79. The molecule has 28 heavy (non-hydrogen) atoms. The molecule has 0 N–H and O–H groups in total. The van der Waals surface area contributed by atoms with Crippen LogP contribution in [0.1, 0.15) is 24.8 Å². The summed E-state index contributed by atoms with van der Waals surface area (Å²) in [6.45, 7) is 7.21. The summed E-state index contributed by atoms with van der Waals surface area (Å²) in [6, 6.07) is 6.22. The minimum atomic E-state index is 0.323. The monoisotopic (exact) mass is 382 g/mol. The second-order valence-corrected chi connectivity index (χ2v) is 7.61. The van der Waals surface area contributed by atoms with E-state index in [4.69, 9.17) is 14.5 Å². The minimum Gasteiger partial charge on any atom is -0.454 e. The first-order valence-electron chi connectivity index (χ1n) is 10.2. The third-order valence-electron chi connectivity index (χ3n) is 5.71. The third kappa shape index (κ3) is 3.69. The first kappa shape index (κ1) is 17.5. The summed E-state index contributed by atoms with van der Waals surface area (Å²) < 4.78 is 10.9. The predicted molar refractivity (Wildman–Crippen MR) is 106 cm³/mol. The van der Waals surface area contributed by atoms with Crippen LogP contribution in [-0.4, -0.2) is 66.1 Å². The van der Waals surface area contributed by atoms with Crippen LogP contribution in [0.15, 0.2) is 24.4 Å². The SMILES string of the molecule is c1cc2c(cc1CN1CCN(c3cnnc(N4CCCCC4)n3)CC1)OCO2. The standard InChI is InChI=1S/C20H26N6O2/c1-2-6-26(7-3-1)20-22-19(13-21-23-20)25-10-8-24(9-11-25)14-16-4-5-17-18(12-16)28-15-27-17/h4-5,12-13H,1-3,6-11,14-15H2. The number of nitrogens with zero attached hydrogens (tertiary/aromatic N) is 6. The van der Waals surface area contributed by atoms with E-state index in [0.29, 0.717) is 6.79 Å². The fraction of sp³-hybridized carbons (Fsp3) is 0.550. The Bertz CT molecular complexity index is 818. The zero-order chi connectivity index (χ0) is 18.8. The topological polar surface area (TPSA) is 66.9 Å². The Hall–Kier alpha value is -2.61. The first-order chi connectivity index (χ1) is 13.8. The summed E-state index contributed by atoms with van der Waals surface area (Å²) in [7, 11) is 0. The van der Waals surface area contributed by atoms with E-state index in [9.17, 15) is 0 Å². The van der Waals surface area contributed by atoms with Gasteiger partial charge in [-0.1, -0.05) is 6.07 Å². The van der Waals surface area contributed by atoms with E-state index in [1.54, 1.807) is 6.20 Å². The highest BCUT2D eigenvalue weighted by Crippen LogP contribution is 2.33. The van der Waals surface area contributed by atoms with Gasteiger partial charge in [-0.2, -0.15) is 10.1 Å². The van der Waals surface area contributed by atoms with Crippen molar-refractivity contribution in [2.75, 3.05) is 55.9 Å². The molecule has 2 aromatic rings. The number of hydrogen-bond donors (Lipinski definition) is 0. The average molecular weight is 382 g/mol. The van der Waals surface area contributed by atoms with E-state index in [1.165, 1.54) is 24.8 Å². The van der Waals surface area contributed by atoms with Crippen LogP contribution >= 0.6 is 0 Å². The number of piperidine rings is 1. The van der Waals surface area contributed by atoms with E-state index in [1.807, 2.05) is 6.07 Å². The molecular formula is C20H26N6O2. The first-order valence-corrected chi connectivity index (χ1v) is 10.2. The van der Waals surface area contributed by atoms with Crippen LogP contribution in [0.5, 0.6) is 11.5 Å². The van der Waals surface area contributed by atoms with Crippen molar-refractivity contribution in [3.63, 3.8) is 0 Å². The number of anilines is 2. The fourth-order valence-electron chi connectivity index (χ4n) is 4.10. The number of benzene rings is 1. The number of ether oxygens (including phenoxy) is 2. The molecule has 8 nitrogen and oxygen atoms in total. The van der Waals surface area contributed by atoms with Gasteiger partial charge < -0.3 is 19.3 Å². The van der Waals surface area contributed by atoms with Gasteiger partial charge in [-0.25, -0.2) is 0 Å². The molecule has 1 aromatic carbocycles. The van der Waals surface area contributed by atoms with Crippen LogP contribution in [0.4, 0.5) is 11.8 Å². The van der Waals surface area contributed by atoms with Crippen LogP contribution in [0.3, 0.4) is 0 Å². The highest BCUT2D eigenvalue weighted by atomic mass is 16.7. The second-order valence-electron chi connectivity index (χ2n) is 7.61. The molecule has 0 bridgehead atoms. The zero-order valence-electron chi connectivity index (χ0n) is 16.1. The number of aromatic nitrogens is 3. The van der Waals surface area contributed by atoms with Crippen molar-refractivity contribution in [1.82, 2.24) is 20.1 Å². The summed E-state index contributed by atoms with van der Waals surface area (Å²) in [6.07, 6.45) is 5.52. The quantitative estimate of drug-likeness (QED) is 0.795. The lowest BCUT2D eigenvalue weighted by atomic mass is 10.1. The van der Waals surface area contributed by atoms with Gasteiger partial charge in [0.15, 0.2) is 17.3 Å². The molecule has 0 saturated carbocycles. The average Bonchev–Trinajstić information content (AvgIpc) is 3.23. The maximum atomic E-state index is 5.49. The summed E-state index contributed by atoms with van der Waals surface area (Å²) >= 11 is 0. The van der Waals surface area contributed by atoms with Crippen molar-refractivity contribution < 1.29 is 9.47 Å². The van der Waals surface area contributed by atoms with Crippen molar-refractivity contribution in [1.29, 1.82) is 0 Å². The molecule has 1 aromatic heterocycles. The molecule has 4 heterocycles. The van der Waals surface area contributed by atoms with Crippen molar-refractivity contribution in [2.45, 2.75) is 25.8 Å². The summed E-state index contributed by atoms with van der Waals surface area (Å²) in [5.41, 5.74) is 1.26. The lowest BCUT2D eigenvalue weighted by Crippen LogP contribution is -2.46. The lowest BCUT2D eigenvalue weighted by molar-refractivity contribution is 0.174. The van der Waals surface area contributed by atoms with Gasteiger partial charge in [-0.3, -0.25) is 4.90 Å². The number of fused-ring (bicyclic) bond motifs is 1. The molecule has 2 saturated heterocycles. The molecule has 0 spiro atoms. The summed E-state index contributed by atoms with van der Waals surface area (Å²) in [5.74, 6) is 3.42. The number of piperazine rings is 1. The molecule has 3 aliphatic heterocycles. The van der Waals surface area contributed by atoms with Crippen molar-refractivity contribution in [3.8, 4) is 11.5 Å². The molecule has 3 aliphatic rings. The molecule has 8 heteroatoms. The molecule has 5 rings (SSSR count). The molecule has 148 valence electrons. The van der Waals surface area contributed by atoms with E-state index in [2.05, 4.69) is 37.0 Å². The minimum absolute atomic E-state index is 0.323. The number of hydrogen-bond acceptors (Lipinski definition) is 8. The van der Waals surface area contributed by atoms with Crippen LogP contribution < -0.4 is 19.3 Å².